The number of aliphatic hydroxyl groups is 1. The van der Waals surface area contributed by atoms with Gasteiger partial charge in [0.15, 0.2) is 5.69 Å². The Morgan fingerprint density at radius 2 is 2.00 bits per heavy atom. The number of hydrogen-bond donors (Lipinski definition) is 2. The molecule has 2 rings (SSSR count). The number of amides is 1. The Labute approximate surface area is 156 Å². The zero-order valence-electron chi connectivity index (χ0n) is 16.4. The van der Waals surface area contributed by atoms with Crippen molar-refractivity contribution in [3.8, 4) is 0 Å². The molecule has 1 saturated heterocycles. The van der Waals surface area contributed by atoms with Gasteiger partial charge in [0.25, 0.3) is 5.91 Å². The topological polar surface area (TPSA) is 81.8 Å². The molecule has 1 aliphatic rings. The molecule has 0 radical (unpaired) electrons. The van der Waals surface area contributed by atoms with E-state index in [4.69, 9.17) is 4.42 Å². The van der Waals surface area contributed by atoms with Crippen molar-refractivity contribution < 1.29 is 14.3 Å². The van der Waals surface area contributed by atoms with E-state index in [2.05, 4.69) is 40.9 Å². The Balaban J connectivity index is 1.73. The maximum absolute atomic E-state index is 12.1. The summed E-state index contributed by atoms with van der Waals surface area (Å²) in [7, 11) is 0. The molecule has 0 spiro atoms. The standard InChI is InChI=1S/C19H34N4O3/c1-4-6-16(24)12-22-7-9-23(10-8-22)13-18-21-17(14-26-18)19(25)20-11-15(3)5-2/h14-16,24H,4-13H2,1-3H3,(H,20,25)/t15-,16+/m1/s1. The lowest BCUT2D eigenvalue weighted by atomic mass is 10.1. The second-order valence-corrected chi connectivity index (χ2v) is 7.37. The van der Waals surface area contributed by atoms with Gasteiger partial charge in [-0.1, -0.05) is 33.6 Å². The number of aliphatic hydroxyl groups excluding tert-OH is 1. The maximum atomic E-state index is 12.1. The van der Waals surface area contributed by atoms with E-state index in [1.807, 2.05) is 0 Å². The van der Waals surface area contributed by atoms with Crippen molar-refractivity contribution in [3.63, 3.8) is 0 Å². The number of oxazole rings is 1. The molecular formula is C19H34N4O3. The second-order valence-electron chi connectivity index (χ2n) is 7.37. The highest BCUT2D eigenvalue weighted by Crippen LogP contribution is 2.10. The summed E-state index contributed by atoms with van der Waals surface area (Å²) in [4.78, 5) is 21.0. The summed E-state index contributed by atoms with van der Waals surface area (Å²) < 4.78 is 5.48. The van der Waals surface area contributed by atoms with Gasteiger partial charge >= 0.3 is 0 Å². The highest BCUT2D eigenvalue weighted by atomic mass is 16.3. The predicted molar refractivity (Wildman–Crippen MR) is 101 cm³/mol. The average Bonchev–Trinajstić information content (AvgIpc) is 3.09. The Morgan fingerprint density at radius 1 is 1.31 bits per heavy atom. The molecule has 1 fully saturated rings. The number of carbonyl (C=O) groups excluding carboxylic acids is 1. The molecule has 1 aromatic heterocycles. The van der Waals surface area contributed by atoms with Crippen LogP contribution >= 0.6 is 0 Å². The highest BCUT2D eigenvalue weighted by Gasteiger charge is 2.21. The van der Waals surface area contributed by atoms with E-state index in [1.165, 1.54) is 6.26 Å². The van der Waals surface area contributed by atoms with Gasteiger partial charge in [-0.25, -0.2) is 4.98 Å². The molecule has 1 aromatic rings. The van der Waals surface area contributed by atoms with Crippen LogP contribution in [0.1, 0.15) is 56.4 Å². The largest absolute Gasteiger partial charge is 0.447 e. The molecule has 0 unspecified atom stereocenters. The lowest BCUT2D eigenvalue weighted by molar-refractivity contribution is 0.0634. The van der Waals surface area contributed by atoms with Crippen LogP contribution in [-0.2, 0) is 6.54 Å². The summed E-state index contributed by atoms with van der Waals surface area (Å²) in [5.74, 6) is 0.866. The summed E-state index contributed by atoms with van der Waals surface area (Å²) in [5.41, 5.74) is 0.352. The Hall–Kier alpha value is -1.44. The van der Waals surface area contributed by atoms with Crippen LogP contribution in [-0.4, -0.2) is 71.2 Å². The first-order valence-corrected chi connectivity index (χ1v) is 9.87. The van der Waals surface area contributed by atoms with Crippen LogP contribution in [0.4, 0.5) is 0 Å². The summed E-state index contributed by atoms with van der Waals surface area (Å²) >= 11 is 0. The van der Waals surface area contributed by atoms with Crippen molar-refractivity contribution in [2.24, 2.45) is 5.92 Å². The van der Waals surface area contributed by atoms with Gasteiger partial charge in [0.2, 0.25) is 5.89 Å². The zero-order chi connectivity index (χ0) is 18.9. The fourth-order valence-corrected chi connectivity index (χ4v) is 3.03. The van der Waals surface area contributed by atoms with E-state index in [0.717, 1.165) is 52.0 Å². The second kappa shape index (κ2) is 10.6. The van der Waals surface area contributed by atoms with Gasteiger partial charge in [-0.3, -0.25) is 14.6 Å². The molecule has 26 heavy (non-hydrogen) atoms. The minimum atomic E-state index is -0.227. The van der Waals surface area contributed by atoms with Crippen molar-refractivity contribution in [1.29, 1.82) is 0 Å². The van der Waals surface area contributed by atoms with Crippen LogP contribution in [0.25, 0.3) is 0 Å². The van der Waals surface area contributed by atoms with E-state index in [9.17, 15) is 9.90 Å². The van der Waals surface area contributed by atoms with E-state index < -0.39 is 0 Å². The van der Waals surface area contributed by atoms with Gasteiger partial charge in [-0.15, -0.1) is 0 Å². The van der Waals surface area contributed by atoms with Crippen LogP contribution < -0.4 is 5.32 Å². The third kappa shape index (κ3) is 6.70. The monoisotopic (exact) mass is 366 g/mol. The lowest BCUT2D eigenvalue weighted by Gasteiger charge is -2.34. The number of nitrogens with zero attached hydrogens (tertiary/aromatic N) is 3. The normalized spacial score (nSPS) is 18.6. The molecular weight excluding hydrogens is 332 g/mol. The van der Waals surface area contributed by atoms with Crippen molar-refractivity contribution in [2.45, 2.75) is 52.7 Å². The van der Waals surface area contributed by atoms with E-state index >= 15 is 0 Å². The number of rotatable bonds is 10. The first-order valence-electron chi connectivity index (χ1n) is 9.87. The highest BCUT2D eigenvalue weighted by molar-refractivity contribution is 5.91. The molecule has 2 atom stereocenters. The van der Waals surface area contributed by atoms with Gasteiger partial charge in [-0.05, 0) is 12.3 Å². The molecule has 2 heterocycles. The number of piperazine rings is 1. The minimum Gasteiger partial charge on any atom is -0.447 e. The van der Waals surface area contributed by atoms with E-state index in [1.54, 1.807) is 0 Å². The van der Waals surface area contributed by atoms with Crippen LogP contribution in [0.2, 0.25) is 0 Å². The summed E-state index contributed by atoms with van der Waals surface area (Å²) in [6.07, 6.45) is 4.12. The number of hydrogen-bond acceptors (Lipinski definition) is 6. The smallest absolute Gasteiger partial charge is 0.273 e. The van der Waals surface area contributed by atoms with Gasteiger partial charge in [0.05, 0.1) is 12.6 Å². The lowest BCUT2D eigenvalue weighted by Crippen LogP contribution is -2.48. The van der Waals surface area contributed by atoms with Gasteiger partial charge in [0.1, 0.15) is 6.26 Å². The molecule has 0 aliphatic carbocycles. The third-order valence-corrected chi connectivity index (χ3v) is 5.01. The summed E-state index contributed by atoms with van der Waals surface area (Å²) in [5, 5.41) is 12.8. The fraction of sp³-hybridized carbons (Fsp3) is 0.789. The predicted octanol–water partition coefficient (Wildman–Crippen LogP) is 1.73. The quantitative estimate of drug-likeness (QED) is 0.656. The van der Waals surface area contributed by atoms with Crippen molar-refractivity contribution >= 4 is 5.91 Å². The number of carbonyl (C=O) groups is 1. The average molecular weight is 367 g/mol. The molecule has 0 aromatic carbocycles. The maximum Gasteiger partial charge on any atom is 0.273 e. The molecule has 0 saturated carbocycles. The zero-order valence-corrected chi connectivity index (χ0v) is 16.4. The molecule has 1 aliphatic heterocycles. The summed E-state index contributed by atoms with van der Waals surface area (Å²) in [6, 6.07) is 0. The molecule has 1 amide bonds. The summed E-state index contributed by atoms with van der Waals surface area (Å²) in [6.45, 7) is 12.0. The fourth-order valence-electron chi connectivity index (χ4n) is 3.03. The number of β-amino-alcohol motifs (C(OH)–C–C–N with tert-alkyl or cyclic N) is 1. The molecule has 2 N–H and O–H groups in total. The molecule has 7 nitrogen and oxygen atoms in total. The van der Waals surface area contributed by atoms with Crippen molar-refractivity contribution in [2.75, 3.05) is 39.3 Å². The van der Waals surface area contributed by atoms with Gasteiger partial charge < -0.3 is 14.8 Å². The Kier molecular flexibility index (Phi) is 8.54. The molecule has 7 heteroatoms. The van der Waals surface area contributed by atoms with Crippen LogP contribution in [0.3, 0.4) is 0 Å². The first kappa shape index (κ1) is 20.9. The van der Waals surface area contributed by atoms with Crippen LogP contribution in [0.15, 0.2) is 10.7 Å². The van der Waals surface area contributed by atoms with Crippen molar-refractivity contribution in [3.05, 3.63) is 17.8 Å². The number of aromatic nitrogens is 1. The Morgan fingerprint density at radius 3 is 2.65 bits per heavy atom. The van der Waals surface area contributed by atoms with E-state index in [-0.39, 0.29) is 12.0 Å². The third-order valence-electron chi connectivity index (χ3n) is 5.01. The minimum absolute atomic E-state index is 0.171. The van der Waals surface area contributed by atoms with Gasteiger partial charge in [0, 0.05) is 39.3 Å². The Bertz CT molecular complexity index is 541. The molecule has 0 bridgehead atoms. The SMILES string of the molecule is CCC[C@H](O)CN1CCN(Cc2nc(C(=O)NC[C@H](C)CC)co2)CC1. The van der Waals surface area contributed by atoms with Crippen LogP contribution in [0.5, 0.6) is 0 Å². The first-order chi connectivity index (χ1) is 12.5. The molecule has 148 valence electrons. The van der Waals surface area contributed by atoms with Crippen molar-refractivity contribution in [1.82, 2.24) is 20.1 Å². The van der Waals surface area contributed by atoms with Gasteiger partial charge in [-0.2, -0.15) is 0 Å². The van der Waals surface area contributed by atoms with E-state index in [0.29, 0.717) is 30.6 Å². The number of nitrogens with one attached hydrogen (secondary N) is 1. The van der Waals surface area contributed by atoms with Crippen LogP contribution in [0, 0.1) is 5.92 Å².